The molecule has 1 heterocycles. The van der Waals surface area contributed by atoms with E-state index in [1.54, 1.807) is 12.1 Å². The van der Waals surface area contributed by atoms with Crippen LogP contribution >= 0.6 is 11.3 Å². The zero-order valence-electron chi connectivity index (χ0n) is 13.4. The van der Waals surface area contributed by atoms with Crippen LogP contribution in [0.3, 0.4) is 0 Å². The number of aromatic nitrogens is 1. The molecule has 1 amide bonds. The van der Waals surface area contributed by atoms with E-state index in [4.69, 9.17) is 0 Å². The molecule has 0 radical (unpaired) electrons. The maximum atomic E-state index is 12.3. The van der Waals surface area contributed by atoms with Crippen molar-refractivity contribution in [2.75, 3.05) is 0 Å². The summed E-state index contributed by atoms with van der Waals surface area (Å²) in [7, 11) is 1.95. The highest BCUT2D eigenvalue weighted by atomic mass is 32.1. The van der Waals surface area contributed by atoms with E-state index in [-0.39, 0.29) is 5.91 Å². The lowest BCUT2D eigenvalue weighted by Crippen LogP contribution is -2.14. The molecule has 0 spiro atoms. The topological polar surface area (TPSA) is 34.4 Å². The van der Waals surface area contributed by atoms with Crippen LogP contribution in [0.2, 0.25) is 0 Å². The number of hydrogen-bond acceptors (Lipinski definition) is 2. The molecule has 116 valence electrons. The molecule has 2 aromatic carbocycles. The van der Waals surface area contributed by atoms with Gasteiger partial charge in [0.2, 0.25) is 0 Å². The molecule has 3 nitrogen and oxygen atoms in total. The molecule has 0 atom stereocenters. The summed E-state index contributed by atoms with van der Waals surface area (Å²) < 4.78 is 1.98. The third-order valence-electron chi connectivity index (χ3n) is 3.80. The molecule has 0 bridgehead atoms. The molecule has 0 fully saturated rings. The Morgan fingerprint density at radius 3 is 2.52 bits per heavy atom. The molecule has 1 aromatic heterocycles. The van der Waals surface area contributed by atoms with E-state index in [2.05, 4.69) is 42.4 Å². The van der Waals surface area contributed by atoms with Crippen LogP contribution in [0.5, 0.6) is 0 Å². The van der Waals surface area contributed by atoms with Crippen molar-refractivity contribution >= 4 is 17.2 Å². The van der Waals surface area contributed by atoms with Gasteiger partial charge in [0.05, 0.1) is 5.69 Å². The number of hydrogen-bond donors (Lipinski definition) is 0. The Balaban J connectivity index is 2.02. The van der Waals surface area contributed by atoms with Gasteiger partial charge in [-0.2, -0.15) is 4.99 Å². The van der Waals surface area contributed by atoms with Crippen molar-refractivity contribution in [3.8, 4) is 11.3 Å². The molecule has 23 heavy (non-hydrogen) atoms. The van der Waals surface area contributed by atoms with Gasteiger partial charge in [-0.15, -0.1) is 11.3 Å². The number of nitrogens with zero attached hydrogens (tertiary/aromatic N) is 2. The molecule has 0 saturated heterocycles. The lowest BCUT2D eigenvalue weighted by atomic mass is 10.0. The largest absolute Gasteiger partial charge is 0.319 e. The van der Waals surface area contributed by atoms with E-state index in [9.17, 15) is 4.79 Å². The second-order valence-electron chi connectivity index (χ2n) is 5.56. The third kappa shape index (κ3) is 3.17. The van der Waals surface area contributed by atoms with Gasteiger partial charge in [0.1, 0.15) is 0 Å². The summed E-state index contributed by atoms with van der Waals surface area (Å²) in [5, 5.41) is 2.05. The van der Waals surface area contributed by atoms with Crippen molar-refractivity contribution in [3.63, 3.8) is 0 Å². The highest BCUT2D eigenvalue weighted by molar-refractivity contribution is 7.07. The minimum absolute atomic E-state index is 0.213. The number of amides is 1. The van der Waals surface area contributed by atoms with Gasteiger partial charge in [-0.25, -0.2) is 0 Å². The molecule has 0 aliphatic heterocycles. The van der Waals surface area contributed by atoms with Crippen LogP contribution in [-0.2, 0) is 7.05 Å². The Bertz CT molecular complexity index is 920. The van der Waals surface area contributed by atoms with E-state index in [0.29, 0.717) is 10.4 Å². The van der Waals surface area contributed by atoms with Gasteiger partial charge >= 0.3 is 0 Å². The van der Waals surface area contributed by atoms with Crippen molar-refractivity contribution in [1.82, 2.24) is 4.57 Å². The summed E-state index contributed by atoms with van der Waals surface area (Å²) in [5.41, 5.74) is 5.32. The Hall–Kier alpha value is -2.46. The minimum Gasteiger partial charge on any atom is -0.319 e. The van der Waals surface area contributed by atoms with Crippen LogP contribution in [0, 0.1) is 13.8 Å². The first-order valence-corrected chi connectivity index (χ1v) is 8.30. The number of benzene rings is 2. The van der Waals surface area contributed by atoms with Crippen molar-refractivity contribution in [2.45, 2.75) is 13.8 Å². The van der Waals surface area contributed by atoms with Crippen LogP contribution < -0.4 is 4.80 Å². The Morgan fingerprint density at radius 1 is 1.09 bits per heavy atom. The fourth-order valence-corrected chi connectivity index (χ4v) is 3.44. The zero-order chi connectivity index (χ0) is 16.4. The molecule has 0 saturated carbocycles. The van der Waals surface area contributed by atoms with Gasteiger partial charge in [0.15, 0.2) is 4.80 Å². The Kier molecular flexibility index (Phi) is 4.26. The molecular formula is C19H18N2OS. The summed E-state index contributed by atoms with van der Waals surface area (Å²) in [6.07, 6.45) is 0. The number of thiazole rings is 1. The number of carbonyl (C=O) groups excluding carboxylic acids is 1. The number of aryl methyl sites for hydroxylation is 2. The van der Waals surface area contributed by atoms with Crippen molar-refractivity contribution < 1.29 is 4.79 Å². The van der Waals surface area contributed by atoms with Gasteiger partial charge in [-0.05, 0) is 31.5 Å². The Labute approximate surface area is 139 Å². The predicted molar refractivity (Wildman–Crippen MR) is 94.5 cm³/mol. The van der Waals surface area contributed by atoms with Gasteiger partial charge in [0.25, 0.3) is 5.91 Å². The fraction of sp³-hybridized carbons (Fsp3) is 0.158. The SMILES string of the molecule is Cc1ccc(-c2cs/c(=N/C(=O)c3ccccc3)n2C)c(C)c1. The summed E-state index contributed by atoms with van der Waals surface area (Å²) in [5.74, 6) is -0.213. The first kappa shape index (κ1) is 15.4. The lowest BCUT2D eigenvalue weighted by molar-refractivity contribution is 0.0998. The van der Waals surface area contributed by atoms with Crippen LogP contribution in [0.25, 0.3) is 11.3 Å². The van der Waals surface area contributed by atoms with Gasteiger partial charge in [-0.1, -0.05) is 42.0 Å². The fourth-order valence-electron chi connectivity index (χ4n) is 2.55. The van der Waals surface area contributed by atoms with Gasteiger partial charge in [0, 0.05) is 23.6 Å². The second-order valence-corrected chi connectivity index (χ2v) is 6.40. The van der Waals surface area contributed by atoms with Crippen LogP contribution in [-0.4, -0.2) is 10.5 Å². The monoisotopic (exact) mass is 322 g/mol. The zero-order valence-corrected chi connectivity index (χ0v) is 14.2. The first-order chi connectivity index (χ1) is 11.1. The molecule has 3 rings (SSSR count). The van der Waals surface area contributed by atoms with E-state index < -0.39 is 0 Å². The summed E-state index contributed by atoms with van der Waals surface area (Å²) in [6, 6.07) is 15.5. The van der Waals surface area contributed by atoms with E-state index in [0.717, 1.165) is 5.69 Å². The minimum atomic E-state index is -0.213. The van der Waals surface area contributed by atoms with Gasteiger partial charge < -0.3 is 4.57 Å². The number of rotatable bonds is 2. The quantitative estimate of drug-likeness (QED) is 0.699. The van der Waals surface area contributed by atoms with E-state index in [1.807, 2.05) is 29.8 Å². The molecular weight excluding hydrogens is 304 g/mol. The first-order valence-electron chi connectivity index (χ1n) is 7.42. The molecule has 0 unspecified atom stereocenters. The summed E-state index contributed by atoms with van der Waals surface area (Å²) in [6.45, 7) is 4.19. The summed E-state index contributed by atoms with van der Waals surface area (Å²) in [4.78, 5) is 17.2. The van der Waals surface area contributed by atoms with Crippen LogP contribution in [0.4, 0.5) is 0 Å². The normalized spacial score (nSPS) is 11.7. The van der Waals surface area contributed by atoms with E-state index >= 15 is 0 Å². The van der Waals surface area contributed by atoms with Gasteiger partial charge in [-0.3, -0.25) is 4.79 Å². The third-order valence-corrected chi connectivity index (χ3v) is 4.72. The Morgan fingerprint density at radius 2 is 1.83 bits per heavy atom. The molecule has 0 aliphatic rings. The standard InChI is InChI=1S/C19H18N2OS/c1-13-9-10-16(14(2)11-13)17-12-23-19(21(17)3)20-18(22)15-7-5-4-6-8-15/h4-12H,1-3H3/b20-19+. The van der Waals surface area contributed by atoms with Crippen LogP contribution in [0.15, 0.2) is 58.9 Å². The van der Waals surface area contributed by atoms with Crippen molar-refractivity contribution in [1.29, 1.82) is 0 Å². The average molecular weight is 322 g/mol. The molecule has 4 heteroatoms. The second kappa shape index (κ2) is 6.34. The maximum absolute atomic E-state index is 12.3. The number of carbonyl (C=O) groups is 1. The van der Waals surface area contributed by atoms with Crippen molar-refractivity contribution in [2.24, 2.45) is 12.0 Å². The average Bonchev–Trinajstić information content (AvgIpc) is 2.89. The summed E-state index contributed by atoms with van der Waals surface area (Å²) >= 11 is 1.48. The van der Waals surface area contributed by atoms with E-state index in [1.165, 1.54) is 28.0 Å². The maximum Gasteiger partial charge on any atom is 0.279 e. The molecule has 3 aromatic rings. The van der Waals surface area contributed by atoms with Crippen LogP contribution in [0.1, 0.15) is 21.5 Å². The predicted octanol–water partition coefficient (Wildman–Crippen LogP) is 4.11. The molecule has 0 aliphatic carbocycles. The molecule has 0 N–H and O–H groups in total. The van der Waals surface area contributed by atoms with Crippen molar-refractivity contribution in [3.05, 3.63) is 75.4 Å². The highest BCUT2D eigenvalue weighted by Gasteiger charge is 2.09. The smallest absolute Gasteiger partial charge is 0.279 e. The lowest BCUT2D eigenvalue weighted by Gasteiger charge is -2.07. The highest BCUT2D eigenvalue weighted by Crippen LogP contribution is 2.24.